The van der Waals surface area contributed by atoms with Crippen molar-refractivity contribution >= 4 is 12.0 Å². The number of carbonyl (C=O) groups excluding carboxylic acids is 1. The molecule has 0 radical (unpaired) electrons. The minimum absolute atomic E-state index is 0.0492. The Balaban J connectivity index is 0.000000546. The van der Waals surface area contributed by atoms with Crippen molar-refractivity contribution in [1.82, 2.24) is 0 Å². The number of nitrogen functional groups attached to an aromatic ring is 1. The number of benzene rings is 2. The first-order chi connectivity index (χ1) is 20.3. The Hall–Kier alpha value is -4.37. The highest BCUT2D eigenvalue weighted by Crippen LogP contribution is 2.45. The summed E-state index contributed by atoms with van der Waals surface area (Å²) in [4.78, 5) is 11.7. The number of anilines is 1. The monoisotopic (exact) mass is 573 g/mol. The van der Waals surface area contributed by atoms with E-state index in [1.54, 1.807) is 6.08 Å². The summed E-state index contributed by atoms with van der Waals surface area (Å²) in [5.41, 5.74) is 14.4. The van der Waals surface area contributed by atoms with Crippen molar-refractivity contribution in [1.29, 1.82) is 0 Å². The third-order valence-corrected chi connectivity index (χ3v) is 8.46. The molecule has 0 saturated carbocycles. The van der Waals surface area contributed by atoms with Crippen molar-refractivity contribution < 1.29 is 9.53 Å². The molecular weight excluding hydrogens is 526 g/mol. The molecule has 2 N–H and O–H groups in total. The first-order valence-corrected chi connectivity index (χ1v) is 14.8. The molecule has 2 aromatic rings. The van der Waals surface area contributed by atoms with Crippen LogP contribution in [-0.4, -0.2) is 12.4 Å². The zero-order chi connectivity index (χ0) is 31.8. The van der Waals surface area contributed by atoms with Gasteiger partial charge in [0.25, 0.3) is 0 Å². The maximum absolute atomic E-state index is 11.7. The first-order valence-electron chi connectivity index (χ1n) is 14.8. The molecule has 4 rings (SSSR count). The van der Waals surface area contributed by atoms with Gasteiger partial charge in [-0.3, -0.25) is 4.79 Å². The third-order valence-electron chi connectivity index (χ3n) is 8.46. The number of rotatable bonds is 7. The van der Waals surface area contributed by atoms with E-state index in [1.165, 1.54) is 16.7 Å². The quantitative estimate of drug-likeness (QED) is 0.204. The summed E-state index contributed by atoms with van der Waals surface area (Å²) in [6.07, 6.45) is 18.4. The van der Waals surface area contributed by atoms with Gasteiger partial charge in [0.05, 0.1) is 0 Å². The van der Waals surface area contributed by atoms with E-state index in [1.807, 2.05) is 61.5 Å². The number of aryl methyl sites for hydroxylation is 1. The number of aldehydes is 1. The van der Waals surface area contributed by atoms with Crippen molar-refractivity contribution in [2.45, 2.75) is 66.4 Å². The summed E-state index contributed by atoms with van der Waals surface area (Å²) in [7, 11) is 0. The number of hydrogen-bond donors (Lipinski definition) is 1. The molecule has 3 nitrogen and oxygen atoms in total. The van der Waals surface area contributed by atoms with Gasteiger partial charge in [-0.15, -0.1) is 0 Å². The van der Waals surface area contributed by atoms with E-state index in [2.05, 4.69) is 91.2 Å². The van der Waals surface area contributed by atoms with Gasteiger partial charge >= 0.3 is 0 Å². The third kappa shape index (κ3) is 8.35. The Bertz CT molecular complexity index is 1510. The van der Waals surface area contributed by atoms with E-state index in [9.17, 15) is 4.79 Å². The van der Waals surface area contributed by atoms with Gasteiger partial charge in [0.2, 0.25) is 0 Å². The van der Waals surface area contributed by atoms with E-state index in [4.69, 9.17) is 10.5 Å². The molecule has 1 heterocycles. The van der Waals surface area contributed by atoms with Gasteiger partial charge in [-0.2, -0.15) is 0 Å². The van der Waals surface area contributed by atoms with Crippen molar-refractivity contribution in [2.24, 2.45) is 5.41 Å². The minimum Gasteiger partial charge on any atom is -0.486 e. The van der Waals surface area contributed by atoms with Crippen molar-refractivity contribution in [3.63, 3.8) is 0 Å². The highest BCUT2D eigenvalue weighted by molar-refractivity contribution is 5.78. The van der Waals surface area contributed by atoms with E-state index in [0.717, 1.165) is 46.4 Å². The molecule has 1 atom stereocenters. The number of hydrogen-bond acceptors (Lipinski definition) is 3. The van der Waals surface area contributed by atoms with Crippen molar-refractivity contribution in [2.75, 3.05) is 5.73 Å². The SMILES string of the molecule is C=C/C=C(C)\C=C/C1=CCC2OC(/C=C(\C)C(C)(C)c3ccccc3C=O)=CC(=C)C(C)(C)C2=C1.Cc1ccc(N)cc1. The molecule has 1 aliphatic heterocycles. The second kappa shape index (κ2) is 14.2. The van der Waals surface area contributed by atoms with Crippen LogP contribution in [0.1, 0.15) is 69.4 Å². The molecule has 43 heavy (non-hydrogen) atoms. The predicted octanol–water partition coefficient (Wildman–Crippen LogP) is 10.1. The normalized spacial score (nSPS) is 18.6. The maximum Gasteiger partial charge on any atom is 0.150 e. The van der Waals surface area contributed by atoms with Gasteiger partial charge in [0, 0.05) is 28.5 Å². The molecule has 1 unspecified atom stereocenters. The van der Waals surface area contributed by atoms with Gasteiger partial charge in [-0.05, 0) is 67.3 Å². The molecule has 0 saturated heterocycles. The second-order valence-electron chi connectivity index (χ2n) is 12.4. The summed E-state index contributed by atoms with van der Waals surface area (Å²) >= 11 is 0. The van der Waals surface area contributed by atoms with E-state index in [-0.39, 0.29) is 16.9 Å². The molecule has 224 valence electrons. The minimum atomic E-state index is -0.329. The summed E-state index contributed by atoms with van der Waals surface area (Å²) < 4.78 is 6.58. The zero-order valence-corrected chi connectivity index (χ0v) is 26.9. The number of ether oxygens (including phenoxy) is 1. The van der Waals surface area contributed by atoms with Crippen LogP contribution in [0.3, 0.4) is 0 Å². The van der Waals surface area contributed by atoms with Crippen LogP contribution in [0.25, 0.3) is 0 Å². The van der Waals surface area contributed by atoms with Crippen LogP contribution in [0.4, 0.5) is 5.69 Å². The van der Waals surface area contributed by atoms with Gasteiger partial charge < -0.3 is 10.5 Å². The fourth-order valence-electron chi connectivity index (χ4n) is 5.13. The summed E-state index contributed by atoms with van der Waals surface area (Å²) in [5, 5.41) is 0. The number of carbonyl (C=O) groups is 1. The average Bonchev–Trinajstić information content (AvgIpc) is 3.06. The molecule has 0 aromatic heterocycles. The van der Waals surface area contributed by atoms with Crippen LogP contribution in [0.2, 0.25) is 0 Å². The van der Waals surface area contributed by atoms with Crippen molar-refractivity contribution in [3.8, 4) is 0 Å². The Kier molecular flexibility index (Phi) is 10.9. The molecule has 0 amide bonds. The molecular formula is C40H47NO2. The molecule has 2 aliphatic rings. The molecule has 3 heteroatoms. The standard InChI is InChI=1S/C33H38O2.C7H9N/c1-9-12-23(2)15-16-26-17-18-31-30(21-26)33(7,8)25(4)20-28(35-31)19-24(3)32(5,6)29-14-11-10-13-27(29)22-34;1-6-2-4-7(8)5-3-6/h9-17,19-22,31H,1,4,18H2,2-3,5-8H3;2-5H,8H2,1H3/b16-15-,23-12-,24-19+;. The smallest absolute Gasteiger partial charge is 0.150 e. The van der Waals surface area contributed by atoms with Crippen LogP contribution >= 0.6 is 0 Å². The van der Waals surface area contributed by atoms with Gasteiger partial charge in [0.15, 0.2) is 0 Å². The maximum atomic E-state index is 11.7. The van der Waals surface area contributed by atoms with Crippen LogP contribution in [0.15, 0.2) is 144 Å². The average molecular weight is 574 g/mol. The number of fused-ring (bicyclic) bond motifs is 1. The molecule has 2 aromatic carbocycles. The lowest BCUT2D eigenvalue weighted by molar-refractivity contribution is 0.112. The van der Waals surface area contributed by atoms with Crippen molar-refractivity contribution in [3.05, 3.63) is 161 Å². The van der Waals surface area contributed by atoms with Gasteiger partial charge in [-0.1, -0.05) is 130 Å². The van der Waals surface area contributed by atoms with E-state index >= 15 is 0 Å². The fraction of sp³-hybridized carbons (Fsp3) is 0.275. The lowest BCUT2D eigenvalue weighted by atomic mass is 9.73. The molecule has 0 spiro atoms. The fourth-order valence-corrected chi connectivity index (χ4v) is 5.13. The lowest BCUT2D eigenvalue weighted by Crippen LogP contribution is -2.27. The summed E-state index contributed by atoms with van der Waals surface area (Å²) in [5.74, 6) is 0.808. The first kappa shape index (κ1) is 33.1. The van der Waals surface area contributed by atoms with Gasteiger partial charge in [0.1, 0.15) is 18.1 Å². The van der Waals surface area contributed by atoms with Crippen LogP contribution in [0.5, 0.6) is 0 Å². The van der Waals surface area contributed by atoms with Gasteiger partial charge in [-0.25, -0.2) is 0 Å². The Labute approximate surface area is 259 Å². The summed E-state index contributed by atoms with van der Waals surface area (Å²) in [6, 6.07) is 15.6. The van der Waals surface area contributed by atoms with E-state index in [0.29, 0.717) is 5.56 Å². The topological polar surface area (TPSA) is 52.3 Å². The van der Waals surface area contributed by atoms with Crippen LogP contribution < -0.4 is 5.73 Å². The van der Waals surface area contributed by atoms with Crippen LogP contribution in [0, 0.1) is 12.3 Å². The zero-order valence-electron chi connectivity index (χ0n) is 26.9. The largest absolute Gasteiger partial charge is 0.486 e. The molecule has 0 bridgehead atoms. The number of nitrogens with two attached hydrogens (primary N) is 1. The Morgan fingerprint density at radius 3 is 2.37 bits per heavy atom. The Morgan fingerprint density at radius 1 is 1.07 bits per heavy atom. The second-order valence-corrected chi connectivity index (χ2v) is 12.4. The lowest BCUT2D eigenvalue weighted by Gasteiger charge is -2.33. The predicted molar refractivity (Wildman–Crippen MR) is 184 cm³/mol. The molecule has 1 aliphatic carbocycles. The molecule has 0 fully saturated rings. The number of allylic oxidation sites excluding steroid dienone is 11. The highest BCUT2D eigenvalue weighted by atomic mass is 16.5. The summed E-state index contributed by atoms with van der Waals surface area (Å²) in [6.45, 7) is 23.1. The van der Waals surface area contributed by atoms with E-state index < -0.39 is 0 Å². The Morgan fingerprint density at radius 2 is 1.74 bits per heavy atom. The highest BCUT2D eigenvalue weighted by Gasteiger charge is 2.36. The van der Waals surface area contributed by atoms with Crippen LogP contribution in [-0.2, 0) is 10.2 Å².